The SMILES string of the molecule is CCC(=O)OC(CC)OCC1(CC)COC(=O)OC1. The van der Waals surface area contributed by atoms with Crippen LogP contribution in [0.5, 0.6) is 0 Å². The van der Waals surface area contributed by atoms with E-state index in [9.17, 15) is 9.59 Å². The highest BCUT2D eigenvalue weighted by molar-refractivity contribution is 5.68. The lowest BCUT2D eigenvalue weighted by atomic mass is 9.87. The van der Waals surface area contributed by atoms with Gasteiger partial charge in [-0.25, -0.2) is 4.79 Å². The van der Waals surface area contributed by atoms with Crippen LogP contribution in [-0.4, -0.2) is 38.2 Å². The van der Waals surface area contributed by atoms with Crippen molar-refractivity contribution >= 4 is 12.1 Å². The van der Waals surface area contributed by atoms with Crippen molar-refractivity contribution in [2.24, 2.45) is 5.41 Å². The van der Waals surface area contributed by atoms with Crippen LogP contribution in [0.3, 0.4) is 0 Å². The maximum atomic E-state index is 11.2. The van der Waals surface area contributed by atoms with Crippen molar-refractivity contribution in [1.82, 2.24) is 0 Å². The summed E-state index contributed by atoms with van der Waals surface area (Å²) >= 11 is 0. The van der Waals surface area contributed by atoms with Crippen molar-refractivity contribution < 1.29 is 28.5 Å². The van der Waals surface area contributed by atoms with E-state index in [4.69, 9.17) is 18.9 Å². The molecule has 1 fully saturated rings. The van der Waals surface area contributed by atoms with E-state index in [1.54, 1.807) is 6.92 Å². The van der Waals surface area contributed by atoms with Gasteiger partial charge in [0.25, 0.3) is 0 Å². The monoisotopic (exact) mass is 274 g/mol. The largest absolute Gasteiger partial charge is 0.508 e. The molecule has 1 aliphatic heterocycles. The van der Waals surface area contributed by atoms with Gasteiger partial charge in [0.05, 0.1) is 12.0 Å². The molecule has 0 saturated carbocycles. The summed E-state index contributed by atoms with van der Waals surface area (Å²) in [5.74, 6) is -0.288. The molecule has 1 unspecified atom stereocenters. The minimum Gasteiger partial charge on any atom is -0.436 e. The van der Waals surface area contributed by atoms with Crippen LogP contribution < -0.4 is 0 Å². The summed E-state index contributed by atoms with van der Waals surface area (Å²) in [4.78, 5) is 22.1. The normalized spacial score (nSPS) is 19.2. The second-order valence-electron chi connectivity index (χ2n) is 4.67. The smallest absolute Gasteiger partial charge is 0.436 e. The van der Waals surface area contributed by atoms with Crippen LogP contribution in [0.2, 0.25) is 0 Å². The molecular formula is C13H22O6. The second-order valence-corrected chi connectivity index (χ2v) is 4.67. The molecule has 1 heterocycles. The Labute approximate surface area is 113 Å². The molecule has 0 aromatic heterocycles. The van der Waals surface area contributed by atoms with Gasteiger partial charge in [-0.2, -0.15) is 0 Å². The predicted octanol–water partition coefficient (Wildman–Crippen LogP) is 2.26. The van der Waals surface area contributed by atoms with Crippen LogP contribution >= 0.6 is 0 Å². The fraction of sp³-hybridized carbons (Fsp3) is 0.846. The van der Waals surface area contributed by atoms with Gasteiger partial charge in [0.15, 0.2) is 0 Å². The highest BCUT2D eigenvalue weighted by atomic mass is 16.7. The Morgan fingerprint density at radius 1 is 1.32 bits per heavy atom. The van der Waals surface area contributed by atoms with Crippen LogP contribution in [0.25, 0.3) is 0 Å². The quantitative estimate of drug-likeness (QED) is 0.524. The summed E-state index contributed by atoms with van der Waals surface area (Å²) in [6, 6.07) is 0. The average Bonchev–Trinajstić information content (AvgIpc) is 2.45. The number of carbonyl (C=O) groups excluding carboxylic acids is 2. The van der Waals surface area contributed by atoms with Gasteiger partial charge in [-0.3, -0.25) is 4.79 Å². The molecule has 1 atom stereocenters. The number of carbonyl (C=O) groups is 2. The molecule has 0 aliphatic carbocycles. The van der Waals surface area contributed by atoms with E-state index in [2.05, 4.69) is 0 Å². The Hall–Kier alpha value is -1.30. The lowest BCUT2D eigenvalue weighted by Crippen LogP contribution is -2.43. The molecule has 19 heavy (non-hydrogen) atoms. The molecule has 0 spiro atoms. The van der Waals surface area contributed by atoms with Gasteiger partial charge in [-0.15, -0.1) is 0 Å². The Kier molecular flexibility index (Phi) is 6.08. The molecule has 6 nitrogen and oxygen atoms in total. The summed E-state index contributed by atoms with van der Waals surface area (Å²) in [6.45, 7) is 6.44. The highest BCUT2D eigenvalue weighted by Gasteiger charge is 2.37. The number of hydrogen-bond acceptors (Lipinski definition) is 6. The Morgan fingerprint density at radius 3 is 2.42 bits per heavy atom. The summed E-state index contributed by atoms with van der Waals surface area (Å²) < 4.78 is 20.6. The zero-order valence-corrected chi connectivity index (χ0v) is 11.8. The maximum absolute atomic E-state index is 11.2. The molecule has 0 aromatic rings. The van der Waals surface area contributed by atoms with Crippen molar-refractivity contribution in [1.29, 1.82) is 0 Å². The fourth-order valence-electron chi connectivity index (χ4n) is 1.63. The molecule has 0 amide bonds. The van der Waals surface area contributed by atoms with Crippen molar-refractivity contribution in [2.45, 2.75) is 46.3 Å². The van der Waals surface area contributed by atoms with Crippen LogP contribution in [0.15, 0.2) is 0 Å². The minimum absolute atomic E-state index is 0.264. The van der Waals surface area contributed by atoms with Gasteiger partial charge in [0, 0.05) is 12.8 Å². The van der Waals surface area contributed by atoms with Crippen LogP contribution in [0.4, 0.5) is 4.79 Å². The average molecular weight is 274 g/mol. The Morgan fingerprint density at radius 2 is 1.95 bits per heavy atom. The summed E-state index contributed by atoms with van der Waals surface area (Å²) in [5, 5.41) is 0. The van der Waals surface area contributed by atoms with E-state index in [-0.39, 0.29) is 24.6 Å². The molecule has 110 valence electrons. The molecule has 6 heteroatoms. The van der Waals surface area contributed by atoms with E-state index in [1.165, 1.54) is 0 Å². The Balaban J connectivity index is 2.47. The van der Waals surface area contributed by atoms with Gasteiger partial charge >= 0.3 is 12.1 Å². The topological polar surface area (TPSA) is 71.1 Å². The van der Waals surface area contributed by atoms with E-state index in [1.807, 2.05) is 13.8 Å². The molecule has 1 rings (SSSR count). The molecule has 0 radical (unpaired) electrons. The van der Waals surface area contributed by atoms with Crippen molar-refractivity contribution in [3.8, 4) is 0 Å². The molecule has 1 aliphatic rings. The minimum atomic E-state index is -0.645. The molecule has 0 N–H and O–H groups in total. The van der Waals surface area contributed by atoms with Crippen LogP contribution in [0, 0.1) is 5.41 Å². The lowest BCUT2D eigenvalue weighted by Gasteiger charge is -2.35. The molecule has 1 saturated heterocycles. The summed E-state index contributed by atoms with van der Waals surface area (Å²) in [6.07, 6.45) is 0.437. The van der Waals surface area contributed by atoms with Gasteiger partial charge < -0.3 is 18.9 Å². The third-order valence-corrected chi connectivity index (χ3v) is 3.20. The number of hydrogen-bond donors (Lipinski definition) is 0. The number of esters is 1. The number of ether oxygens (including phenoxy) is 4. The van der Waals surface area contributed by atoms with Crippen molar-refractivity contribution in [3.63, 3.8) is 0 Å². The molecule has 0 aromatic carbocycles. The third kappa shape index (κ3) is 4.70. The summed E-state index contributed by atoms with van der Waals surface area (Å²) in [5.41, 5.74) is -0.361. The van der Waals surface area contributed by atoms with Crippen molar-refractivity contribution in [3.05, 3.63) is 0 Å². The fourth-order valence-corrected chi connectivity index (χ4v) is 1.63. The maximum Gasteiger partial charge on any atom is 0.508 e. The van der Waals surface area contributed by atoms with Gasteiger partial charge in [0.1, 0.15) is 13.2 Å². The van der Waals surface area contributed by atoms with Crippen molar-refractivity contribution in [2.75, 3.05) is 19.8 Å². The van der Waals surface area contributed by atoms with E-state index < -0.39 is 12.4 Å². The lowest BCUT2D eigenvalue weighted by molar-refractivity contribution is -0.193. The predicted molar refractivity (Wildman–Crippen MR) is 66.4 cm³/mol. The molecular weight excluding hydrogens is 252 g/mol. The third-order valence-electron chi connectivity index (χ3n) is 3.20. The standard InChI is InChI=1S/C13H22O6/c1-4-10(14)19-11(5-2)16-7-13(6-3)8-17-12(15)18-9-13/h11H,4-9H2,1-3H3. The second kappa shape index (κ2) is 7.33. The van der Waals surface area contributed by atoms with E-state index in [0.717, 1.165) is 6.42 Å². The first-order chi connectivity index (χ1) is 9.05. The van der Waals surface area contributed by atoms with Gasteiger partial charge in [0.2, 0.25) is 6.29 Å². The highest BCUT2D eigenvalue weighted by Crippen LogP contribution is 2.28. The van der Waals surface area contributed by atoms with Gasteiger partial charge in [-0.1, -0.05) is 20.8 Å². The first kappa shape index (κ1) is 15.8. The van der Waals surface area contributed by atoms with Gasteiger partial charge in [-0.05, 0) is 6.42 Å². The number of cyclic esters (lactones) is 2. The molecule has 0 bridgehead atoms. The van der Waals surface area contributed by atoms with E-state index in [0.29, 0.717) is 19.4 Å². The number of rotatable bonds is 7. The van der Waals surface area contributed by atoms with Crippen LogP contribution in [0.1, 0.15) is 40.0 Å². The Bertz CT molecular complexity index is 304. The first-order valence-corrected chi connectivity index (χ1v) is 6.66. The zero-order valence-electron chi connectivity index (χ0n) is 11.8. The summed E-state index contributed by atoms with van der Waals surface area (Å²) in [7, 11) is 0. The van der Waals surface area contributed by atoms with Crippen LogP contribution in [-0.2, 0) is 23.7 Å². The van der Waals surface area contributed by atoms with E-state index >= 15 is 0 Å². The zero-order chi connectivity index (χ0) is 14.3. The first-order valence-electron chi connectivity index (χ1n) is 6.66.